The minimum atomic E-state index is -0.175. The molecule has 0 spiro atoms. The first-order chi connectivity index (χ1) is 6.84. The van der Waals surface area contributed by atoms with E-state index in [4.69, 9.17) is 0 Å². The summed E-state index contributed by atoms with van der Waals surface area (Å²) in [5, 5.41) is 0. The van der Waals surface area contributed by atoms with Crippen molar-refractivity contribution < 1.29 is 0 Å². The van der Waals surface area contributed by atoms with Crippen LogP contribution in [0.2, 0.25) is 0 Å². The topological polar surface area (TPSA) is 47.3 Å². The Kier molecular flexibility index (Phi) is 1.43. The summed E-state index contributed by atoms with van der Waals surface area (Å²) in [6, 6.07) is 5.67. The molecule has 14 heavy (non-hydrogen) atoms. The van der Waals surface area contributed by atoms with Crippen molar-refractivity contribution >= 4 is 17.0 Å². The van der Waals surface area contributed by atoms with Crippen molar-refractivity contribution in [2.75, 3.05) is 0 Å². The van der Waals surface area contributed by atoms with Crippen molar-refractivity contribution in [1.82, 2.24) is 14.4 Å². The maximum absolute atomic E-state index is 11.1. The Hall–Kier alpha value is -1.75. The van der Waals surface area contributed by atoms with Gasteiger partial charge in [0.05, 0.1) is 11.1 Å². The summed E-state index contributed by atoms with van der Waals surface area (Å²) in [5.41, 5.74) is 0.797. The van der Waals surface area contributed by atoms with Crippen LogP contribution in [0.5, 0.6) is 0 Å². The van der Waals surface area contributed by atoms with Gasteiger partial charge in [0.2, 0.25) is 0 Å². The normalized spacial score (nSPS) is 11.1. The third kappa shape index (κ3) is 0.958. The summed E-state index contributed by atoms with van der Waals surface area (Å²) in [5.74, 6) is 0.686. The molecular formula is C9H5N3OS. The zero-order chi connectivity index (χ0) is 9.54. The van der Waals surface area contributed by atoms with Crippen LogP contribution in [-0.2, 0) is 0 Å². The Morgan fingerprint density at radius 2 is 2.29 bits per heavy atom. The van der Waals surface area contributed by atoms with Crippen molar-refractivity contribution in [2.45, 2.75) is 0 Å². The summed E-state index contributed by atoms with van der Waals surface area (Å²) in [4.78, 5) is 19.9. The van der Waals surface area contributed by atoms with Crippen molar-refractivity contribution in [3.05, 3.63) is 40.3 Å². The van der Waals surface area contributed by atoms with E-state index in [0.717, 1.165) is 21.9 Å². The zero-order valence-corrected chi connectivity index (χ0v) is 7.86. The quantitative estimate of drug-likeness (QED) is 0.552. The van der Waals surface area contributed by atoms with Crippen molar-refractivity contribution in [2.24, 2.45) is 0 Å². The second-order valence-corrected chi connectivity index (χ2v) is 3.85. The molecule has 2 aliphatic rings. The lowest BCUT2D eigenvalue weighted by Crippen LogP contribution is -1.98. The molecule has 4 nitrogen and oxygen atoms in total. The molecule has 68 valence electrons. The Morgan fingerprint density at radius 1 is 1.36 bits per heavy atom. The number of hydrogen-bond donors (Lipinski definition) is 0. The molecule has 0 radical (unpaired) electrons. The Balaban J connectivity index is 2.59. The van der Waals surface area contributed by atoms with Crippen molar-refractivity contribution in [3.8, 4) is 10.7 Å². The number of hydrogen-bond acceptors (Lipinski definition) is 4. The maximum atomic E-state index is 11.1. The SMILES string of the molecule is O=c1nc2n3ccccc3ncc-2s1. The molecule has 0 aliphatic carbocycles. The molecule has 3 heterocycles. The summed E-state index contributed by atoms with van der Waals surface area (Å²) in [7, 11) is 0. The van der Waals surface area contributed by atoms with Crippen LogP contribution in [0.25, 0.3) is 16.3 Å². The number of pyridine rings is 1. The van der Waals surface area contributed by atoms with E-state index in [1.165, 1.54) is 0 Å². The lowest BCUT2D eigenvalue weighted by atomic mass is 10.4. The fourth-order valence-corrected chi connectivity index (χ4v) is 2.06. The number of rotatable bonds is 0. The van der Waals surface area contributed by atoms with E-state index in [1.807, 2.05) is 28.8 Å². The highest BCUT2D eigenvalue weighted by Gasteiger charge is 2.11. The Bertz CT molecular complexity index is 627. The van der Waals surface area contributed by atoms with Crippen LogP contribution >= 0.6 is 11.3 Å². The lowest BCUT2D eigenvalue weighted by Gasteiger charge is -2.03. The van der Waals surface area contributed by atoms with Gasteiger partial charge >= 0.3 is 4.87 Å². The molecule has 0 unspecified atom stereocenters. The van der Waals surface area contributed by atoms with Gasteiger partial charge < -0.3 is 0 Å². The third-order valence-corrected chi connectivity index (χ3v) is 2.77. The van der Waals surface area contributed by atoms with Gasteiger partial charge in [0, 0.05) is 6.20 Å². The van der Waals surface area contributed by atoms with Gasteiger partial charge in [-0.05, 0) is 12.1 Å². The van der Waals surface area contributed by atoms with E-state index in [9.17, 15) is 4.79 Å². The zero-order valence-electron chi connectivity index (χ0n) is 7.04. The fraction of sp³-hybridized carbons (Fsp3) is 0. The number of nitrogens with zero attached hydrogens (tertiary/aromatic N) is 3. The second-order valence-electron chi connectivity index (χ2n) is 2.85. The van der Waals surface area contributed by atoms with Gasteiger partial charge in [-0.3, -0.25) is 9.20 Å². The number of thiazole rings is 1. The standard InChI is InChI=1S/C9H5N3OS/c13-9-11-8-6(14-9)5-10-7-3-1-2-4-12(7)8/h1-5H. The predicted molar refractivity (Wildman–Crippen MR) is 53.8 cm³/mol. The Morgan fingerprint density at radius 3 is 3.21 bits per heavy atom. The first-order valence-corrected chi connectivity index (χ1v) is 4.89. The summed E-state index contributed by atoms with van der Waals surface area (Å²) in [6.07, 6.45) is 3.54. The first-order valence-electron chi connectivity index (χ1n) is 4.07. The highest BCUT2D eigenvalue weighted by Crippen LogP contribution is 2.21. The van der Waals surface area contributed by atoms with Gasteiger partial charge in [0.1, 0.15) is 5.65 Å². The van der Waals surface area contributed by atoms with Gasteiger partial charge in [-0.15, -0.1) is 0 Å². The molecule has 2 aliphatic heterocycles. The summed E-state index contributed by atoms with van der Waals surface area (Å²) >= 11 is 1.12. The average Bonchev–Trinajstić information content (AvgIpc) is 2.59. The highest BCUT2D eigenvalue weighted by molar-refractivity contribution is 7.12. The van der Waals surface area contributed by atoms with Crippen LogP contribution in [0, 0.1) is 0 Å². The average molecular weight is 203 g/mol. The van der Waals surface area contributed by atoms with E-state index in [0.29, 0.717) is 5.82 Å². The maximum Gasteiger partial charge on any atom is 0.329 e. The minimum absolute atomic E-state index is 0.175. The van der Waals surface area contributed by atoms with E-state index < -0.39 is 0 Å². The van der Waals surface area contributed by atoms with Crippen molar-refractivity contribution in [1.29, 1.82) is 0 Å². The molecule has 0 saturated carbocycles. The van der Waals surface area contributed by atoms with Gasteiger partial charge in [-0.25, -0.2) is 4.98 Å². The lowest BCUT2D eigenvalue weighted by molar-refractivity contribution is 1.06. The van der Waals surface area contributed by atoms with Gasteiger partial charge in [-0.1, -0.05) is 17.4 Å². The van der Waals surface area contributed by atoms with E-state index in [-0.39, 0.29) is 4.87 Å². The molecule has 0 bridgehead atoms. The molecule has 0 saturated heterocycles. The van der Waals surface area contributed by atoms with Crippen LogP contribution in [0.3, 0.4) is 0 Å². The van der Waals surface area contributed by atoms with Crippen molar-refractivity contribution in [3.63, 3.8) is 0 Å². The minimum Gasteiger partial charge on any atom is -0.285 e. The third-order valence-electron chi connectivity index (χ3n) is 2.00. The molecule has 0 fully saturated rings. The number of aromatic nitrogens is 3. The largest absolute Gasteiger partial charge is 0.329 e. The fourth-order valence-electron chi connectivity index (χ4n) is 1.40. The number of fused-ring (bicyclic) bond motifs is 3. The molecule has 0 aromatic carbocycles. The van der Waals surface area contributed by atoms with Gasteiger partial charge in [0.15, 0.2) is 5.82 Å². The Labute approximate surface area is 82.8 Å². The molecule has 0 N–H and O–H groups in total. The highest BCUT2D eigenvalue weighted by atomic mass is 32.1. The predicted octanol–water partition coefficient (Wildman–Crippen LogP) is 1.26. The first kappa shape index (κ1) is 7.64. The molecule has 5 heteroatoms. The molecule has 0 amide bonds. The van der Waals surface area contributed by atoms with Crippen LogP contribution in [-0.4, -0.2) is 14.4 Å². The molecule has 3 rings (SSSR count). The van der Waals surface area contributed by atoms with Gasteiger partial charge in [-0.2, -0.15) is 4.98 Å². The van der Waals surface area contributed by atoms with Crippen LogP contribution in [0.1, 0.15) is 0 Å². The van der Waals surface area contributed by atoms with Crippen LogP contribution < -0.4 is 4.87 Å². The van der Waals surface area contributed by atoms with Crippen LogP contribution in [0.4, 0.5) is 0 Å². The van der Waals surface area contributed by atoms with E-state index >= 15 is 0 Å². The van der Waals surface area contributed by atoms with Gasteiger partial charge in [0.25, 0.3) is 0 Å². The second kappa shape index (κ2) is 2.62. The molecule has 0 atom stereocenters. The monoisotopic (exact) mass is 203 g/mol. The molecular weight excluding hydrogens is 198 g/mol. The smallest absolute Gasteiger partial charge is 0.285 e. The molecule has 1 aromatic heterocycles. The van der Waals surface area contributed by atoms with Crippen LogP contribution in [0.15, 0.2) is 35.4 Å². The molecule has 1 aromatic rings. The van der Waals surface area contributed by atoms with E-state index in [2.05, 4.69) is 9.97 Å². The van der Waals surface area contributed by atoms with E-state index in [1.54, 1.807) is 6.20 Å². The summed E-state index contributed by atoms with van der Waals surface area (Å²) < 4.78 is 1.81. The summed E-state index contributed by atoms with van der Waals surface area (Å²) in [6.45, 7) is 0.